The van der Waals surface area contributed by atoms with E-state index < -0.39 is 0 Å². The zero-order valence-electron chi connectivity index (χ0n) is 10.3. The molecule has 0 aliphatic carbocycles. The molecule has 18 heavy (non-hydrogen) atoms. The molecule has 1 fully saturated rings. The van der Waals surface area contributed by atoms with Crippen LogP contribution in [0.3, 0.4) is 0 Å². The molecule has 2 amide bonds. The zero-order valence-corrected chi connectivity index (χ0v) is 10.3. The smallest absolute Gasteiger partial charge is 0.256 e. The van der Waals surface area contributed by atoms with Crippen molar-refractivity contribution >= 4 is 17.5 Å². The third-order valence-electron chi connectivity index (χ3n) is 2.77. The highest BCUT2D eigenvalue weighted by molar-refractivity contribution is 6.03. The van der Waals surface area contributed by atoms with Gasteiger partial charge in [0.05, 0.1) is 24.5 Å². The summed E-state index contributed by atoms with van der Waals surface area (Å²) in [6.45, 7) is 3.73. The zero-order chi connectivity index (χ0) is 13.0. The quantitative estimate of drug-likeness (QED) is 0.853. The topological polar surface area (TPSA) is 58.6 Å². The molecule has 0 atom stereocenters. The van der Waals surface area contributed by atoms with Crippen LogP contribution in [0, 0.1) is 0 Å². The normalized spacial score (nSPS) is 15.3. The molecular formula is C13H16N2O3. The standard InChI is InChI=1S/C13H16N2O3/c1-10(16)14-12-5-3-2-4-11(12)13(17)15-6-8-18-9-7-15/h2-5H,6-9H2,1H3,(H,14,16). The largest absolute Gasteiger partial charge is 0.378 e. The monoisotopic (exact) mass is 248 g/mol. The number of morpholine rings is 1. The number of nitrogens with one attached hydrogen (secondary N) is 1. The first-order valence-electron chi connectivity index (χ1n) is 5.92. The summed E-state index contributed by atoms with van der Waals surface area (Å²) < 4.78 is 5.22. The number of rotatable bonds is 2. The molecule has 0 spiro atoms. The van der Waals surface area contributed by atoms with Crippen molar-refractivity contribution in [3.05, 3.63) is 29.8 Å². The lowest BCUT2D eigenvalue weighted by molar-refractivity contribution is -0.114. The van der Waals surface area contributed by atoms with Crippen molar-refractivity contribution in [3.8, 4) is 0 Å². The van der Waals surface area contributed by atoms with Gasteiger partial charge in [-0.25, -0.2) is 0 Å². The van der Waals surface area contributed by atoms with Crippen LogP contribution in [0.2, 0.25) is 0 Å². The minimum absolute atomic E-state index is 0.0670. The lowest BCUT2D eigenvalue weighted by atomic mass is 10.1. The summed E-state index contributed by atoms with van der Waals surface area (Å²) in [4.78, 5) is 25.2. The first-order chi connectivity index (χ1) is 8.68. The number of carbonyl (C=O) groups is 2. The Morgan fingerprint density at radius 2 is 1.89 bits per heavy atom. The molecule has 96 valence electrons. The van der Waals surface area contributed by atoms with Crippen molar-refractivity contribution in [2.75, 3.05) is 31.6 Å². The average Bonchev–Trinajstić information content (AvgIpc) is 2.39. The maximum atomic E-state index is 12.3. The lowest BCUT2D eigenvalue weighted by Crippen LogP contribution is -2.41. The van der Waals surface area contributed by atoms with Crippen LogP contribution in [-0.2, 0) is 9.53 Å². The predicted octanol–water partition coefficient (Wildman–Crippen LogP) is 1.12. The molecule has 0 bridgehead atoms. The molecule has 1 saturated heterocycles. The van der Waals surface area contributed by atoms with E-state index in [4.69, 9.17) is 4.74 Å². The second-order valence-corrected chi connectivity index (χ2v) is 4.13. The number of hydrogen-bond acceptors (Lipinski definition) is 3. The van der Waals surface area contributed by atoms with Crippen molar-refractivity contribution in [1.82, 2.24) is 4.90 Å². The summed E-state index contributed by atoms with van der Waals surface area (Å²) >= 11 is 0. The van der Waals surface area contributed by atoms with Gasteiger partial charge in [-0.05, 0) is 12.1 Å². The van der Waals surface area contributed by atoms with Crippen LogP contribution in [0.15, 0.2) is 24.3 Å². The van der Waals surface area contributed by atoms with Crippen molar-refractivity contribution in [2.45, 2.75) is 6.92 Å². The second kappa shape index (κ2) is 5.64. The fourth-order valence-corrected chi connectivity index (χ4v) is 1.91. The van der Waals surface area contributed by atoms with Crippen molar-refractivity contribution < 1.29 is 14.3 Å². The van der Waals surface area contributed by atoms with Crippen LogP contribution in [-0.4, -0.2) is 43.0 Å². The Labute approximate surface area is 106 Å². The molecule has 1 heterocycles. The average molecular weight is 248 g/mol. The molecule has 1 aromatic carbocycles. The van der Waals surface area contributed by atoms with E-state index >= 15 is 0 Å². The number of ether oxygens (including phenoxy) is 1. The Hall–Kier alpha value is -1.88. The summed E-state index contributed by atoms with van der Waals surface area (Å²) in [5.74, 6) is -0.250. The van der Waals surface area contributed by atoms with Gasteiger partial charge in [0.2, 0.25) is 5.91 Å². The van der Waals surface area contributed by atoms with Gasteiger partial charge in [0.15, 0.2) is 0 Å². The first kappa shape index (κ1) is 12.6. The van der Waals surface area contributed by atoms with E-state index in [1.165, 1.54) is 6.92 Å². The van der Waals surface area contributed by atoms with Gasteiger partial charge in [0.1, 0.15) is 0 Å². The van der Waals surface area contributed by atoms with Gasteiger partial charge < -0.3 is 15.0 Å². The van der Waals surface area contributed by atoms with Gasteiger partial charge >= 0.3 is 0 Å². The Morgan fingerprint density at radius 1 is 1.22 bits per heavy atom. The Morgan fingerprint density at radius 3 is 2.56 bits per heavy atom. The van der Waals surface area contributed by atoms with Crippen LogP contribution < -0.4 is 5.32 Å². The Balaban J connectivity index is 2.20. The molecular weight excluding hydrogens is 232 g/mol. The summed E-state index contributed by atoms with van der Waals surface area (Å²) in [5.41, 5.74) is 1.08. The van der Waals surface area contributed by atoms with Gasteiger partial charge in [0, 0.05) is 20.0 Å². The van der Waals surface area contributed by atoms with Crippen LogP contribution in [0.4, 0.5) is 5.69 Å². The van der Waals surface area contributed by atoms with E-state index in [-0.39, 0.29) is 11.8 Å². The third-order valence-corrected chi connectivity index (χ3v) is 2.77. The minimum atomic E-state index is -0.183. The van der Waals surface area contributed by atoms with Crippen molar-refractivity contribution in [3.63, 3.8) is 0 Å². The molecule has 0 aromatic heterocycles. The van der Waals surface area contributed by atoms with E-state index in [0.717, 1.165) is 0 Å². The van der Waals surface area contributed by atoms with E-state index in [9.17, 15) is 9.59 Å². The molecule has 1 aliphatic rings. The molecule has 0 saturated carbocycles. The number of hydrogen-bond donors (Lipinski definition) is 1. The summed E-state index contributed by atoms with van der Waals surface area (Å²) in [7, 11) is 0. The number of benzene rings is 1. The molecule has 5 nitrogen and oxygen atoms in total. The third kappa shape index (κ3) is 2.87. The fourth-order valence-electron chi connectivity index (χ4n) is 1.91. The van der Waals surface area contributed by atoms with E-state index in [2.05, 4.69) is 5.32 Å². The highest BCUT2D eigenvalue weighted by atomic mass is 16.5. The van der Waals surface area contributed by atoms with E-state index in [1.54, 1.807) is 29.2 Å². The lowest BCUT2D eigenvalue weighted by Gasteiger charge is -2.27. The minimum Gasteiger partial charge on any atom is -0.378 e. The van der Waals surface area contributed by atoms with Crippen LogP contribution in [0.25, 0.3) is 0 Å². The number of para-hydroxylation sites is 1. The van der Waals surface area contributed by atoms with Gasteiger partial charge in [0.25, 0.3) is 5.91 Å². The maximum Gasteiger partial charge on any atom is 0.256 e. The summed E-state index contributed by atoms with van der Waals surface area (Å²) in [6, 6.07) is 7.04. The molecule has 0 unspecified atom stereocenters. The molecule has 1 N–H and O–H groups in total. The number of carbonyl (C=O) groups excluding carboxylic acids is 2. The van der Waals surface area contributed by atoms with Crippen LogP contribution in [0.5, 0.6) is 0 Å². The summed E-state index contributed by atoms with van der Waals surface area (Å²) in [5, 5.41) is 2.68. The van der Waals surface area contributed by atoms with Gasteiger partial charge in [-0.2, -0.15) is 0 Å². The van der Waals surface area contributed by atoms with Gasteiger partial charge in [-0.15, -0.1) is 0 Å². The SMILES string of the molecule is CC(=O)Nc1ccccc1C(=O)N1CCOCC1. The molecule has 2 rings (SSSR count). The van der Waals surface area contributed by atoms with Gasteiger partial charge in [-0.1, -0.05) is 12.1 Å². The molecule has 0 radical (unpaired) electrons. The number of nitrogens with zero attached hydrogens (tertiary/aromatic N) is 1. The fraction of sp³-hybridized carbons (Fsp3) is 0.385. The maximum absolute atomic E-state index is 12.3. The highest BCUT2D eigenvalue weighted by Gasteiger charge is 2.20. The molecule has 1 aromatic rings. The summed E-state index contributed by atoms with van der Waals surface area (Å²) in [6.07, 6.45) is 0. The van der Waals surface area contributed by atoms with Crippen molar-refractivity contribution in [1.29, 1.82) is 0 Å². The van der Waals surface area contributed by atoms with E-state index in [1.807, 2.05) is 0 Å². The van der Waals surface area contributed by atoms with Crippen LogP contribution in [0.1, 0.15) is 17.3 Å². The van der Waals surface area contributed by atoms with E-state index in [0.29, 0.717) is 37.6 Å². The molecule has 1 aliphatic heterocycles. The van der Waals surface area contributed by atoms with Crippen molar-refractivity contribution in [2.24, 2.45) is 0 Å². The predicted molar refractivity (Wildman–Crippen MR) is 67.5 cm³/mol. The highest BCUT2D eigenvalue weighted by Crippen LogP contribution is 2.17. The Bertz CT molecular complexity index is 453. The second-order valence-electron chi connectivity index (χ2n) is 4.13. The first-order valence-corrected chi connectivity index (χ1v) is 5.92. The number of anilines is 1. The Kier molecular flexibility index (Phi) is 3.94. The number of amides is 2. The van der Waals surface area contributed by atoms with Gasteiger partial charge in [-0.3, -0.25) is 9.59 Å². The van der Waals surface area contributed by atoms with Crippen LogP contribution >= 0.6 is 0 Å². The molecule has 5 heteroatoms.